The highest BCUT2D eigenvalue weighted by Crippen LogP contribution is 2.14. The molecule has 0 fully saturated rings. The Morgan fingerprint density at radius 3 is 2.50 bits per heavy atom. The van der Waals surface area contributed by atoms with Crippen molar-refractivity contribution in [2.75, 3.05) is 0 Å². The van der Waals surface area contributed by atoms with Crippen LogP contribution < -0.4 is 0 Å². The first-order chi connectivity index (χ1) is 5.52. The number of hydrogen-bond donors (Lipinski definition) is 0. The zero-order valence-electron chi connectivity index (χ0n) is 7.63. The fourth-order valence-electron chi connectivity index (χ4n) is 1.16. The second-order valence-electron chi connectivity index (χ2n) is 3.31. The Balaban J connectivity index is 2.90. The van der Waals surface area contributed by atoms with Gasteiger partial charge in [0.25, 0.3) is 0 Å². The first-order valence-corrected chi connectivity index (χ1v) is 4.05. The minimum Gasteiger partial charge on any atom is -0.316 e. The molecule has 0 aliphatic carbocycles. The molecule has 0 radical (unpaired) electrons. The molecule has 1 amide bonds. The number of Topliss-reactive ketones (excluding diaryl/α,β-unsaturated/α-hetero) is 1. The highest BCUT2D eigenvalue weighted by molar-refractivity contribution is 6.09. The molecule has 0 saturated heterocycles. The van der Waals surface area contributed by atoms with Crippen LogP contribution in [0.25, 0.3) is 0 Å². The van der Waals surface area contributed by atoms with E-state index in [9.17, 15) is 9.59 Å². The molecule has 12 heavy (non-hydrogen) atoms. The third-order valence-corrected chi connectivity index (χ3v) is 1.93. The third kappa shape index (κ3) is 1.55. The van der Waals surface area contributed by atoms with Crippen LogP contribution >= 0.6 is 0 Å². The van der Waals surface area contributed by atoms with Crippen molar-refractivity contribution < 1.29 is 9.59 Å². The van der Waals surface area contributed by atoms with Gasteiger partial charge >= 0.3 is 0 Å². The number of ketones is 1. The van der Waals surface area contributed by atoms with Gasteiger partial charge in [-0.15, -0.1) is 0 Å². The van der Waals surface area contributed by atoms with Crippen molar-refractivity contribution in [2.24, 2.45) is 0 Å². The van der Waals surface area contributed by atoms with Crippen LogP contribution in [-0.2, 0) is 9.59 Å². The standard InChI is InChI=1S/C9H13NO2/c1-6(2)10-5-7(3)8(11)4-9(10)12/h5-6H,4H2,1-3H3. The molecule has 1 rings (SSSR count). The lowest BCUT2D eigenvalue weighted by Gasteiger charge is -2.26. The molecule has 0 saturated carbocycles. The topological polar surface area (TPSA) is 37.4 Å². The summed E-state index contributed by atoms with van der Waals surface area (Å²) in [6, 6.07) is 0.139. The van der Waals surface area contributed by atoms with Crippen LogP contribution in [0.3, 0.4) is 0 Å². The Hall–Kier alpha value is -1.12. The Labute approximate surface area is 72.0 Å². The summed E-state index contributed by atoms with van der Waals surface area (Å²) in [7, 11) is 0. The number of rotatable bonds is 1. The fraction of sp³-hybridized carbons (Fsp3) is 0.556. The minimum absolute atomic E-state index is 0.0283. The van der Waals surface area contributed by atoms with Gasteiger partial charge in [0.2, 0.25) is 5.91 Å². The number of carbonyl (C=O) groups excluding carboxylic acids is 2. The van der Waals surface area contributed by atoms with E-state index < -0.39 is 0 Å². The van der Waals surface area contributed by atoms with Crippen LogP contribution in [0.2, 0.25) is 0 Å². The van der Waals surface area contributed by atoms with E-state index in [1.807, 2.05) is 13.8 Å². The van der Waals surface area contributed by atoms with Gasteiger partial charge in [-0.1, -0.05) is 0 Å². The highest BCUT2D eigenvalue weighted by atomic mass is 16.2. The Morgan fingerprint density at radius 2 is 2.00 bits per heavy atom. The molecule has 0 aromatic carbocycles. The van der Waals surface area contributed by atoms with Crippen LogP contribution in [0.4, 0.5) is 0 Å². The molecule has 0 unspecified atom stereocenters. The smallest absolute Gasteiger partial charge is 0.234 e. The molecular weight excluding hydrogens is 154 g/mol. The van der Waals surface area contributed by atoms with E-state index in [2.05, 4.69) is 0 Å². The summed E-state index contributed by atoms with van der Waals surface area (Å²) in [5.41, 5.74) is 0.670. The molecule has 1 aliphatic heterocycles. The summed E-state index contributed by atoms with van der Waals surface area (Å²) in [6.07, 6.45) is 1.67. The second kappa shape index (κ2) is 3.09. The first kappa shape index (κ1) is 8.97. The van der Waals surface area contributed by atoms with Crippen LogP contribution in [0, 0.1) is 0 Å². The molecule has 0 bridgehead atoms. The summed E-state index contributed by atoms with van der Waals surface area (Å²) >= 11 is 0. The zero-order valence-corrected chi connectivity index (χ0v) is 7.63. The molecule has 1 aliphatic rings. The molecular formula is C9H13NO2. The molecule has 0 aromatic heterocycles. The van der Waals surface area contributed by atoms with E-state index in [1.54, 1.807) is 18.0 Å². The maximum Gasteiger partial charge on any atom is 0.234 e. The lowest BCUT2D eigenvalue weighted by atomic mass is 10.1. The summed E-state index contributed by atoms with van der Waals surface area (Å²) < 4.78 is 0. The van der Waals surface area contributed by atoms with Crippen LogP contribution in [0.5, 0.6) is 0 Å². The quantitative estimate of drug-likeness (QED) is 0.548. The van der Waals surface area contributed by atoms with Crippen molar-refractivity contribution in [3.63, 3.8) is 0 Å². The molecule has 66 valence electrons. The Bertz CT molecular complexity index is 253. The van der Waals surface area contributed by atoms with E-state index in [0.29, 0.717) is 5.57 Å². The molecule has 3 heteroatoms. The maximum absolute atomic E-state index is 11.3. The van der Waals surface area contributed by atoms with Gasteiger partial charge < -0.3 is 4.90 Å². The number of hydrogen-bond acceptors (Lipinski definition) is 2. The van der Waals surface area contributed by atoms with Gasteiger partial charge in [0.05, 0.1) is 6.42 Å². The SMILES string of the molecule is CC1=CN(C(C)C)C(=O)CC1=O. The third-order valence-electron chi connectivity index (χ3n) is 1.93. The number of carbonyl (C=O) groups is 2. The number of amides is 1. The molecule has 0 N–H and O–H groups in total. The number of nitrogens with zero attached hydrogens (tertiary/aromatic N) is 1. The van der Waals surface area contributed by atoms with Crippen molar-refractivity contribution in [2.45, 2.75) is 33.2 Å². The lowest BCUT2D eigenvalue weighted by Crippen LogP contribution is -2.37. The highest BCUT2D eigenvalue weighted by Gasteiger charge is 2.24. The normalized spacial score (nSPS) is 18.7. The minimum atomic E-state index is -0.0967. The zero-order chi connectivity index (χ0) is 9.30. The Kier molecular flexibility index (Phi) is 2.31. The maximum atomic E-state index is 11.3. The van der Waals surface area contributed by atoms with Gasteiger partial charge in [-0.25, -0.2) is 0 Å². The largest absolute Gasteiger partial charge is 0.316 e. The average molecular weight is 167 g/mol. The van der Waals surface area contributed by atoms with Gasteiger partial charge in [0, 0.05) is 17.8 Å². The number of allylic oxidation sites excluding steroid dienone is 1. The predicted octanol–water partition coefficient (Wildman–Crippen LogP) is 1.10. The molecule has 0 aromatic rings. The van der Waals surface area contributed by atoms with Crippen molar-refractivity contribution in [1.29, 1.82) is 0 Å². The molecule has 0 atom stereocenters. The lowest BCUT2D eigenvalue weighted by molar-refractivity contribution is -0.134. The fourth-order valence-corrected chi connectivity index (χ4v) is 1.16. The monoisotopic (exact) mass is 167 g/mol. The van der Waals surface area contributed by atoms with E-state index in [1.165, 1.54) is 0 Å². The van der Waals surface area contributed by atoms with Crippen molar-refractivity contribution >= 4 is 11.7 Å². The molecule has 1 heterocycles. The van der Waals surface area contributed by atoms with Crippen molar-refractivity contribution in [3.05, 3.63) is 11.8 Å². The van der Waals surface area contributed by atoms with Crippen LogP contribution in [0.1, 0.15) is 27.2 Å². The van der Waals surface area contributed by atoms with E-state index in [4.69, 9.17) is 0 Å². The average Bonchev–Trinajstić information content (AvgIpc) is 1.96. The van der Waals surface area contributed by atoms with Gasteiger partial charge in [0.1, 0.15) is 0 Å². The van der Waals surface area contributed by atoms with Crippen molar-refractivity contribution in [1.82, 2.24) is 4.90 Å². The van der Waals surface area contributed by atoms with E-state index in [-0.39, 0.29) is 24.2 Å². The summed E-state index contributed by atoms with van der Waals surface area (Å²) in [5.74, 6) is -0.155. The van der Waals surface area contributed by atoms with Crippen LogP contribution in [0.15, 0.2) is 11.8 Å². The molecule has 0 spiro atoms. The van der Waals surface area contributed by atoms with Gasteiger partial charge in [-0.3, -0.25) is 9.59 Å². The summed E-state index contributed by atoms with van der Waals surface area (Å²) in [6.45, 7) is 5.60. The summed E-state index contributed by atoms with van der Waals surface area (Å²) in [4.78, 5) is 23.9. The summed E-state index contributed by atoms with van der Waals surface area (Å²) in [5, 5.41) is 0. The van der Waals surface area contributed by atoms with Gasteiger partial charge in [0.15, 0.2) is 5.78 Å². The van der Waals surface area contributed by atoms with E-state index in [0.717, 1.165) is 0 Å². The Morgan fingerprint density at radius 1 is 1.42 bits per heavy atom. The first-order valence-electron chi connectivity index (χ1n) is 4.05. The predicted molar refractivity (Wildman–Crippen MR) is 45.4 cm³/mol. The van der Waals surface area contributed by atoms with Gasteiger partial charge in [-0.05, 0) is 20.8 Å². The van der Waals surface area contributed by atoms with Crippen LogP contribution in [-0.4, -0.2) is 22.6 Å². The van der Waals surface area contributed by atoms with Gasteiger partial charge in [-0.2, -0.15) is 0 Å². The molecule has 3 nitrogen and oxygen atoms in total. The van der Waals surface area contributed by atoms with Crippen molar-refractivity contribution in [3.8, 4) is 0 Å². The van der Waals surface area contributed by atoms with E-state index >= 15 is 0 Å². The second-order valence-corrected chi connectivity index (χ2v) is 3.31.